The van der Waals surface area contributed by atoms with Gasteiger partial charge in [-0.3, -0.25) is 0 Å². The van der Waals surface area contributed by atoms with Crippen LogP contribution in [0.4, 0.5) is 0 Å². The number of halogens is 1. The lowest BCUT2D eigenvalue weighted by Crippen LogP contribution is -2.41. The molecule has 1 aromatic carbocycles. The van der Waals surface area contributed by atoms with Crippen molar-refractivity contribution in [3.05, 3.63) is 16.1 Å². The standard InChI is InChI=1S/C15H22ClNO3/c1-8-9-10(15(2,3)7-17-8)12(18-4)14(20-6)13(19-5)11(9)16/h8,17H,7H2,1-6H3. The summed E-state index contributed by atoms with van der Waals surface area (Å²) in [6.45, 7) is 7.26. The molecule has 0 aromatic heterocycles. The minimum atomic E-state index is -0.101. The molecule has 0 radical (unpaired) electrons. The van der Waals surface area contributed by atoms with Crippen molar-refractivity contribution in [3.63, 3.8) is 0 Å². The molecule has 4 nitrogen and oxygen atoms in total. The first-order valence-corrected chi connectivity index (χ1v) is 7.02. The zero-order chi connectivity index (χ0) is 15.1. The Labute approximate surface area is 125 Å². The maximum absolute atomic E-state index is 6.56. The molecule has 1 aromatic rings. The maximum Gasteiger partial charge on any atom is 0.205 e. The van der Waals surface area contributed by atoms with E-state index in [-0.39, 0.29) is 11.5 Å². The number of fused-ring (bicyclic) bond motifs is 1. The lowest BCUT2D eigenvalue weighted by atomic mass is 9.76. The van der Waals surface area contributed by atoms with Gasteiger partial charge in [-0.2, -0.15) is 0 Å². The molecular formula is C15H22ClNO3. The van der Waals surface area contributed by atoms with E-state index in [0.717, 1.165) is 17.7 Å². The van der Waals surface area contributed by atoms with E-state index in [1.807, 2.05) is 0 Å². The molecular weight excluding hydrogens is 278 g/mol. The molecule has 5 heteroatoms. The molecule has 0 fully saturated rings. The smallest absolute Gasteiger partial charge is 0.205 e. The van der Waals surface area contributed by atoms with E-state index < -0.39 is 0 Å². The lowest BCUT2D eigenvalue weighted by molar-refractivity contribution is 0.305. The fourth-order valence-corrected chi connectivity index (χ4v) is 3.33. The fraction of sp³-hybridized carbons (Fsp3) is 0.600. The molecule has 0 aliphatic carbocycles. The molecule has 0 spiro atoms. The molecule has 1 atom stereocenters. The van der Waals surface area contributed by atoms with Gasteiger partial charge in [-0.1, -0.05) is 25.4 Å². The van der Waals surface area contributed by atoms with Gasteiger partial charge in [0.25, 0.3) is 0 Å². The maximum atomic E-state index is 6.56. The third-order valence-electron chi connectivity index (χ3n) is 3.92. The van der Waals surface area contributed by atoms with E-state index in [2.05, 4.69) is 26.1 Å². The SMILES string of the molecule is COc1c(Cl)c2c(c(OC)c1OC)C(C)(C)CNC2C. The van der Waals surface area contributed by atoms with Crippen LogP contribution in [-0.4, -0.2) is 27.9 Å². The van der Waals surface area contributed by atoms with Crippen LogP contribution in [0.2, 0.25) is 5.02 Å². The molecule has 20 heavy (non-hydrogen) atoms. The number of ether oxygens (including phenoxy) is 3. The molecule has 0 saturated heterocycles. The zero-order valence-corrected chi connectivity index (χ0v) is 13.6. The largest absolute Gasteiger partial charge is 0.492 e. The monoisotopic (exact) mass is 299 g/mol. The second-order valence-corrected chi connectivity index (χ2v) is 6.07. The summed E-state index contributed by atoms with van der Waals surface area (Å²) in [5.41, 5.74) is 2.02. The van der Waals surface area contributed by atoms with E-state index >= 15 is 0 Å². The molecule has 1 heterocycles. The molecule has 1 unspecified atom stereocenters. The van der Waals surface area contributed by atoms with Crippen LogP contribution in [0.15, 0.2) is 0 Å². The van der Waals surface area contributed by atoms with Crippen LogP contribution in [-0.2, 0) is 5.41 Å². The van der Waals surface area contributed by atoms with Crippen LogP contribution < -0.4 is 19.5 Å². The Morgan fingerprint density at radius 2 is 1.60 bits per heavy atom. The summed E-state index contributed by atoms with van der Waals surface area (Å²) in [5, 5.41) is 4.06. The Morgan fingerprint density at radius 3 is 2.10 bits per heavy atom. The Balaban J connectivity index is 2.89. The van der Waals surface area contributed by atoms with Gasteiger partial charge in [-0.15, -0.1) is 0 Å². The highest BCUT2D eigenvalue weighted by molar-refractivity contribution is 6.33. The van der Waals surface area contributed by atoms with Crippen LogP contribution in [0.5, 0.6) is 17.2 Å². The number of rotatable bonds is 3. The Kier molecular flexibility index (Phi) is 4.07. The first kappa shape index (κ1) is 15.3. The highest BCUT2D eigenvalue weighted by Crippen LogP contribution is 2.54. The topological polar surface area (TPSA) is 39.7 Å². The normalized spacial score (nSPS) is 20.2. The average molecular weight is 300 g/mol. The van der Waals surface area contributed by atoms with E-state index in [1.54, 1.807) is 21.3 Å². The molecule has 1 aliphatic rings. The van der Waals surface area contributed by atoms with Crippen molar-refractivity contribution in [2.45, 2.75) is 32.2 Å². The van der Waals surface area contributed by atoms with Crippen molar-refractivity contribution in [1.29, 1.82) is 0 Å². The van der Waals surface area contributed by atoms with Gasteiger partial charge in [0.2, 0.25) is 5.75 Å². The minimum absolute atomic E-state index is 0.101. The minimum Gasteiger partial charge on any atom is -0.492 e. The average Bonchev–Trinajstić information content (AvgIpc) is 2.42. The number of nitrogens with one attached hydrogen (secondary N) is 1. The summed E-state index contributed by atoms with van der Waals surface area (Å²) in [5.74, 6) is 1.79. The Morgan fingerprint density at radius 1 is 1.05 bits per heavy atom. The second-order valence-electron chi connectivity index (χ2n) is 5.69. The third kappa shape index (κ3) is 2.11. The van der Waals surface area contributed by atoms with Gasteiger partial charge in [-0.05, 0) is 12.5 Å². The van der Waals surface area contributed by atoms with Crippen LogP contribution >= 0.6 is 11.6 Å². The van der Waals surface area contributed by atoms with Gasteiger partial charge in [-0.25, -0.2) is 0 Å². The fourth-order valence-electron chi connectivity index (χ4n) is 2.91. The molecule has 0 saturated carbocycles. The second kappa shape index (κ2) is 5.34. The van der Waals surface area contributed by atoms with Gasteiger partial charge in [0, 0.05) is 23.6 Å². The van der Waals surface area contributed by atoms with Crippen LogP contribution in [0.3, 0.4) is 0 Å². The molecule has 112 valence electrons. The van der Waals surface area contributed by atoms with Gasteiger partial charge in [0.15, 0.2) is 11.5 Å². The predicted molar refractivity (Wildman–Crippen MR) is 80.6 cm³/mol. The van der Waals surface area contributed by atoms with Gasteiger partial charge in [0.05, 0.1) is 26.4 Å². The van der Waals surface area contributed by atoms with Gasteiger partial charge in [0.1, 0.15) is 0 Å². The highest BCUT2D eigenvalue weighted by Gasteiger charge is 2.39. The Bertz CT molecular complexity index is 529. The van der Waals surface area contributed by atoms with Crippen molar-refractivity contribution in [2.24, 2.45) is 0 Å². The van der Waals surface area contributed by atoms with E-state index in [0.29, 0.717) is 22.3 Å². The van der Waals surface area contributed by atoms with Crippen molar-refractivity contribution in [2.75, 3.05) is 27.9 Å². The van der Waals surface area contributed by atoms with Gasteiger partial charge < -0.3 is 19.5 Å². The summed E-state index contributed by atoms with van der Waals surface area (Å²) in [4.78, 5) is 0. The number of hydrogen-bond donors (Lipinski definition) is 1. The van der Waals surface area contributed by atoms with Crippen LogP contribution in [0.1, 0.15) is 37.9 Å². The summed E-state index contributed by atoms with van der Waals surface area (Å²) in [6, 6.07) is 0.138. The van der Waals surface area contributed by atoms with Crippen molar-refractivity contribution in [1.82, 2.24) is 5.32 Å². The summed E-state index contributed by atoms with van der Waals surface area (Å²) >= 11 is 6.56. The Hall–Kier alpha value is -1.13. The lowest BCUT2D eigenvalue weighted by Gasteiger charge is -2.39. The van der Waals surface area contributed by atoms with Crippen LogP contribution in [0.25, 0.3) is 0 Å². The quantitative estimate of drug-likeness (QED) is 0.929. The summed E-state index contributed by atoms with van der Waals surface area (Å²) in [7, 11) is 4.83. The summed E-state index contributed by atoms with van der Waals surface area (Å²) < 4.78 is 16.5. The number of hydrogen-bond acceptors (Lipinski definition) is 4. The third-order valence-corrected chi connectivity index (χ3v) is 4.29. The number of benzene rings is 1. The molecule has 0 amide bonds. The first-order valence-electron chi connectivity index (χ1n) is 6.64. The van der Waals surface area contributed by atoms with E-state index in [4.69, 9.17) is 25.8 Å². The van der Waals surface area contributed by atoms with E-state index in [1.165, 1.54) is 0 Å². The van der Waals surface area contributed by atoms with Gasteiger partial charge >= 0.3 is 0 Å². The number of methoxy groups -OCH3 is 3. The first-order chi connectivity index (χ1) is 9.38. The van der Waals surface area contributed by atoms with Crippen molar-refractivity contribution < 1.29 is 14.2 Å². The summed E-state index contributed by atoms with van der Waals surface area (Å²) in [6.07, 6.45) is 0. The molecule has 0 bridgehead atoms. The molecule has 2 rings (SSSR count). The van der Waals surface area contributed by atoms with E-state index in [9.17, 15) is 0 Å². The van der Waals surface area contributed by atoms with Crippen LogP contribution in [0, 0.1) is 0 Å². The molecule has 1 aliphatic heterocycles. The zero-order valence-electron chi connectivity index (χ0n) is 12.9. The van der Waals surface area contributed by atoms with Crippen molar-refractivity contribution >= 4 is 11.6 Å². The molecule has 1 N–H and O–H groups in total. The highest BCUT2D eigenvalue weighted by atomic mass is 35.5. The predicted octanol–water partition coefficient (Wildman–Crippen LogP) is 3.31. The van der Waals surface area contributed by atoms with Crippen molar-refractivity contribution in [3.8, 4) is 17.2 Å².